The van der Waals surface area contributed by atoms with Crippen molar-refractivity contribution in [3.8, 4) is 44.5 Å². The summed E-state index contributed by atoms with van der Waals surface area (Å²) < 4.78 is 0. The first-order valence-electron chi connectivity index (χ1n) is 23.9. The van der Waals surface area contributed by atoms with E-state index in [9.17, 15) is 0 Å². The van der Waals surface area contributed by atoms with Crippen LogP contribution in [-0.4, -0.2) is 0 Å². The van der Waals surface area contributed by atoms with Gasteiger partial charge in [-0.05, 0) is 175 Å². The van der Waals surface area contributed by atoms with Crippen molar-refractivity contribution in [3.05, 3.63) is 241 Å². The lowest BCUT2D eigenvalue weighted by molar-refractivity contribution is 1.48. The van der Waals surface area contributed by atoms with Crippen LogP contribution in [0.25, 0.3) is 131 Å². The summed E-state index contributed by atoms with van der Waals surface area (Å²) in [7, 11) is 0. The van der Waals surface area contributed by atoms with E-state index in [1.807, 2.05) is 0 Å². The Hall–Kier alpha value is -8.32. The lowest BCUT2D eigenvalue weighted by Crippen LogP contribution is -1.85. The molecule has 0 nitrogen and oxygen atoms in total. The third-order valence-corrected chi connectivity index (χ3v) is 14.9. The Morgan fingerprint density at radius 3 is 1.21 bits per heavy atom. The molecule has 0 aliphatic heterocycles. The normalized spacial score (nSPS) is 11.8. The van der Waals surface area contributed by atoms with Crippen molar-refractivity contribution >= 4 is 86.2 Å². The molecule has 2 aliphatic rings. The molecule has 320 valence electrons. The summed E-state index contributed by atoms with van der Waals surface area (Å²) in [6.45, 7) is 8.73. The van der Waals surface area contributed by atoms with Gasteiger partial charge in [-0.25, -0.2) is 0 Å². The molecular weight excluding hydrogens is 817 g/mol. The molecule has 0 bridgehead atoms. The molecule has 0 radical (unpaired) electrons. The van der Waals surface area contributed by atoms with E-state index >= 15 is 0 Å². The fraction of sp³-hybridized carbons (Fsp3) is 0.0588. The van der Waals surface area contributed by atoms with E-state index in [4.69, 9.17) is 0 Å². The van der Waals surface area contributed by atoms with Crippen molar-refractivity contribution in [2.24, 2.45) is 0 Å². The molecule has 0 heteroatoms. The average molecular weight is 865 g/mol. The monoisotopic (exact) mass is 864 g/mol. The topological polar surface area (TPSA) is 0 Å². The highest BCUT2D eigenvalue weighted by molar-refractivity contribution is 6.25. The summed E-state index contributed by atoms with van der Waals surface area (Å²) in [5, 5.41) is 22.0. The van der Waals surface area contributed by atoms with Crippen LogP contribution >= 0.6 is 0 Å². The third-order valence-electron chi connectivity index (χ3n) is 14.9. The fourth-order valence-corrected chi connectivity index (χ4v) is 11.7. The largest absolute Gasteiger partial charge is 0.0616 e. The van der Waals surface area contributed by atoms with Crippen LogP contribution in [0.2, 0.25) is 0 Å². The lowest BCUT2D eigenvalue weighted by atomic mass is 9.92. The van der Waals surface area contributed by atoms with Crippen LogP contribution in [0.5, 0.6) is 0 Å². The number of aryl methyl sites for hydroxylation is 4. The number of fused-ring (bicyclic) bond motifs is 6. The predicted molar refractivity (Wildman–Crippen MR) is 296 cm³/mol. The van der Waals surface area contributed by atoms with Crippen molar-refractivity contribution in [1.29, 1.82) is 0 Å². The molecule has 0 spiro atoms. The molecule has 14 aromatic rings. The van der Waals surface area contributed by atoms with E-state index < -0.39 is 0 Å². The quantitative estimate of drug-likeness (QED) is 0.133. The van der Waals surface area contributed by atoms with E-state index in [2.05, 4.69) is 246 Å². The van der Waals surface area contributed by atoms with Gasteiger partial charge in [-0.15, -0.1) is 0 Å². The molecule has 0 atom stereocenters. The molecule has 0 unspecified atom stereocenters. The zero-order valence-electron chi connectivity index (χ0n) is 38.8. The van der Waals surface area contributed by atoms with E-state index in [0.29, 0.717) is 0 Å². The summed E-state index contributed by atoms with van der Waals surface area (Å²) in [5.41, 5.74) is 16.5. The van der Waals surface area contributed by atoms with Crippen molar-refractivity contribution < 1.29 is 0 Å². The van der Waals surface area contributed by atoms with Gasteiger partial charge in [0.25, 0.3) is 0 Å². The average Bonchev–Trinajstić information content (AvgIpc) is 3.88. The zero-order chi connectivity index (χ0) is 45.6. The van der Waals surface area contributed by atoms with Gasteiger partial charge in [0.2, 0.25) is 0 Å². The summed E-state index contributed by atoms with van der Waals surface area (Å²) in [4.78, 5) is 0. The Morgan fingerprint density at radius 1 is 0.191 bits per heavy atom. The first kappa shape index (κ1) is 40.0. The molecule has 2 aliphatic carbocycles. The minimum Gasteiger partial charge on any atom is -0.0616 e. The van der Waals surface area contributed by atoms with Crippen molar-refractivity contribution in [2.45, 2.75) is 27.7 Å². The van der Waals surface area contributed by atoms with Gasteiger partial charge >= 0.3 is 0 Å². The Balaban J connectivity index is 0.0000000896. The molecule has 0 aromatic heterocycles. The lowest BCUT2D eigenvalue weighted by Gasteiger charge is -2.12. The minimum absolute atomic E-state index is 1.33. The van der Waals surface area contributed by atoms with Gasteiger partial charge in [0.15, 0.2) is 0 Å². The van der Waals surface area contributed by atoms with Gasteiger partial charge in [0, 0.05) is 0 Å². The number of rotatable bonds is 0. The maximum Gasteiger partial charge on any atom is -0.00237 e. The van der Waals surface area contributed by atoms with E-state index in [-0.39, 0.29) is 0 Å². The zero-order valence-corrected chi connectivity index (χ0v) is 38.8. The van der Waals surface area contributed by atoms with E-state index in [1.165, 1.54) is 153 Å². The highest BCUT2D eigenvalue weighted by Crippen LogP contribution is 2.49. The molecule has 0 amide bonds. The third kappa shape index (κ3) is 6.21. The van der Waals surface area contributed by atoms with E-state index in [0.717, 1.165) is 0 Å². The molecule has 0 N–H and O–H groups in total. The molecule has 14 aromatic carbocycles. The molecular formula is C68H48. The van der Waals surface area contributed by atoms with Crippen LogP contribution in [0.3, 0.4) is 0 Å². The molecule has 0 fully saturated rings. The summed E-state index contributed by atoms with van der Waals surface area (Å²) in [6, 6.07) is 79.5. The first-order valence-corrected chi connectivity index (χ1v) is 23.9. The molecule has 16 rings (SSSR count). The Morgan fingerprint density at radius 2 is 0.559 bits per heavy atom. The summed E-state index contributed by atoms with van der Waals surface area (Å²) in [6.07, 6.45) is 0. The van der Waals surface area contributed by atoms with Crippen molar-refractivity contribution in [2.75, 3.05) is 0 Å². The second-order valence-electron chi connectivity index (χ2n) is 18.9. The first-order chi connectivity index (χ1) is 33.4. The summed E-state index contributed by atoms with van der Waals surface area (Å²) in [5.74, 6) is 0. The fourth-order valence-electron chi connectivity index (χ4n) is 11.7. The molecule has 0 saturated heterocycles. The van der Waals surface area contributed by atoms with Gasteiger partial charge in [-0.3, -0.25) is 0 Å². The maximum atomic E-state index is 2.30. The predicted octanol–water partition coefficient (Wildman–Crippen LogP) is 19.4. The van der Waals surface area contributed by atoms with Gasteiger partial charge in [-0.2, -0.15) is 0 Å². The van der Waals surface area contributed by atoms with Crippen LogP contribution in [0, 0.1) is 27.7 Å². The van der Waals surface area contributed by atoms with Crippen molar-refractivity contribution in [1.82, 2.24) is 0 Å². The number of hydrogen-bond acceptors (Lipinski definition) is 0. The van der Waals surface area contributed by atoms with Crippen LogP contribution in [0.1, 0.15) is 22.3 Å². The second-order valence-corrected chi connectivity index (χ2v) is 18.9. The van der Waals surface area contributed by atoms with Gasteiger partial charge < -0.3 is 0 Å². The number of benzene rings is 14. The summed E-state index contributed by atoms with van der Waals surface area (Å²) >= 11 is 0. The smallest absolute Gasteiger partial charge is 0.00237 e. The molecule has 0 heterocycles. The van der Waals surface area contributed by atoms with Gasteiger partial charge in [0.05, 0.1) is 0 Å². The Kier molecular flexibility index (Phi) is 9.21. The second kappa shape index (κ2) is 15.7. The SMILES string of the molecule is Cc1cc2cccc3ccc4cccc1c4c32.Cc1ccc2c(c1)-c1cccc3cccc-2c13.Cc1ccc2c3c(cccc13)-c1ccccc1-2.Cc1ccc2ccc3cccc4ccc1c2c34. The number of hydrogen-bond donors (Lipinski definition) is 0. The molecule has 68 heavy (non-hydrogen) atoms. The van der Waals surface area contributed by atoms with Crippen molar-refractivity contribution in [3.63, 3.8) is 0 Å². The van der Waals surface area contributed by atoms with Crippen LogP contribution in [-0.2, 0) is 0 Å². The van der Waals surface area contributed by atoms with E-state index in [1.54, 1.807) is 0 Å². The maximum absolute atomic E-state index is 2.30. The Labute approximate surface area is 397 Å². The van der Waals surface area contributed by atoms with Crippen LogP contribution in [0.15, 0.2) is 218 Å². The Bertz CT molecular complexity index is 4190. The van der Waals surface area contributed by atoms with Crippen LogP contribution < -0.4 is 0 Å². The minimum atomic E-state index is 1.33. The van der Waals surface area contributed by atoms with Gasteiger partial charge in [0.1, 0.15) is 0 Å². The highest BCUT2D eigenvalue weighted by Gasteiger charge is 2.22. The van der Waals surface area contributed by atoms with Crippen LogP contribution in [0.4, 0.5) is 0 Å². The standard InChI is InChI=1S/4C17H12/c1-11-10-14-6-2-4-12-8-9-13-5-3-7-15(11)17(13)16(12)14;1-11-8-9-13-14-6-2-4-12-5-3-7-15(17(12)14)16(13)10-11;1-11-9-10-16-14-6-3-2-5-13(14)15-8-4-7-12(11)17(15)16;1-11-5-6-14-8-7-12-3-2-4-13-9-10-15(11)17(14)16(12)13/h4*2-10H,1H3. The molecule has 0 saturated carbocycles. The van der Waals surface area contributed by atoms with Gasteiger partial charge in [-0.1, -0.05) is 224 Å². The highest BCUT2D eigenvalue weighted by atomic mass is 14.2.